The zero-order valence-electron chi connectivity index (χ0n) is 16.1. The molecule has 2 saturated heterocycles. The lowest BCUT2D eigenvalue weighted by molar-refractivity contribution is -0.130. The lowest BCUT2D eigenvalue weighted by Crippen LogP contribution is -2.73. The van der Waals surface area contributed by atoms with Crippen molar-refractivity contribution in [3.8, 4) is 0 Å². The second-order valence-corrected chi connectivity index (χ2v) is 10.1. The minimum absolute atomic E-state index is 0.266. The van der Waals surface area contributed by atoms with Crippen LogP contribution in [0, 0.1) is 0 Å². The van der Waals surface area contributed by atoms with Crippen LogP contribution in [-0.4, -0.2) is 69.2 Å². The average molecular weight is 442 g/mol. The summed E-state index contributed by atoms with van der Waals surface area (Å²) in [6, 6.07) is 1.89. The van der Waals surface area contributed by atoms with Crippen molar-refractivity contribution in [3.05, 3.63) is 24.7 Å². The van der Waals surface area contributed by atoms with Gasteiger partial charge in [0.15, 0.2) is 5.65 Å². The fourth-order valence-electron chi connectivity index (χ4n) is 4.66. The Hall–Kier alpha value is -2.34. The predicted octanol–water partition coefficient (Wildman–Crippen LogP) is 2.54. The number of hydrogen-bond donors (Lipinski definition) is 1. The highest BCUT2D eigenvalue weighted by Crippen LogP contribution is 2.41. The number of aromatic nitrogens is 4. The van der Waals surface area contributed by atoms with Gasteiger partial charge in [-0.15, -0.1) is 0 Å². The molecule has 0 aliphatic carbocycles. The van der Waals surface area contributed by atoms with Gasteiger partial charge in [0.2, 0.25) is 16.0 Å². The topological polar surface area (TPSA) is 86.6 Å². The molecule has 30 heavy (non-hydrogen) atoms. The van der Waals surface area contributed by atoms with E-state index in [1.165, 1.54) is 4.31 Å². The second kappa shape index (κ2) is 6.58. The molecule has 3 aromatic rings. The molecule has 1 N–H and O–H groups in total. The van der Waals surface area contributed by atoms with E-state index in [9.17, 15) is 21.6 Å². The molecule has 8 nitrogen and oxygen atoms in total. The molecular formula is C18H21F3N6O2S. The van der Waals surface area contributed by atoms with Crippen molar-refractivity contribution in [2.75, 3.05) is 30.3 Å². The third-order valence-corrected chi connectivity index (χ3v) is 8.02. The lowest BCUT2D eigenvalue weighted by atomic mass is 9.82. The van der Waals surface area contributed by atoms with E-state index in [1.54, 1.807) is 18.6 Å². The standard InChI is InChI=1S/C18H21F3N6O2S/c19-18(20,21)5-8-30(28,29)26-7-2-1-4-17(26)11-25(12-17)16-24-10-13-9-23-15-14(27(13)16)3-6-22-15/h3,6,9-10,22H,1-2,4-5,7-8,11-12H2. The van der Waals surface area contributed by atoms with Gasteiger partial charge in [0.25, 0.3) is 0 Å². The number of sulfonamides is 1. The van der Waals surface area contributed by atoms with E-state index in [4.69, 9.17) is 0 Å². The Morgan fingerprint density at radius 2 is 1.93 bits per heavy atom. The minimum Gasteiger partial charge on any atom is -0.345 e. The Morgan fingerprint density at radius 1 is 1.17 bits per heavy atom. The smallest absolute Gasteiger partial charge is 0.345 e. The van der Waals surface area contributed by atoms with Gasteiger partial charge in [0, 0.05) is 25.8 Å². The number of anilines is 1. The number of nitrogens with one attached hydrogen (secondary N) is 1. The van der Waals surface area contributed by atoms with E-state index in [-0.39, 0.29) is 6.54 Å². The van der Waals surface area contributed by atoms with Crippen molar-refractivity contribution >= 4 is 32.7 Å². The Kier molecular flexibility index (Phi) is 4.30. The maximum Gasteiger partial charge on any atom is 0.390 e. The fraction of sp³-hybridized carbons (Fsp3) is 0.556. The van der Waals surface area contributed by atoms with Crippen molar-refractivity contribution in [1.29, 1.82) is 0 Å². The van der Waals surface area contributed by atoms with E-state index in [0.717, 1.165) is 17.5 Å². The molecule has 2 aliphatic rings. The van der Waals surface area contributed by atoms with Crippen molar-refractivity contribution in [2.45, 2.75) is 37.4 Å². The molecule has 0 bridgehead atoms. The zero-order chi connectivity index (χ0) is 21.1. The first-order valence-corrected chi connectivity index (χ1v) is 11.4. The number of piperidine rings is 1. The summed E-state index contributed by atoms with van der Waals surface area (Å²) >= 11 is 0. The monoisotopic (exact) mass is 442 g/mol. The van der Waals surface area contributed by atoms with Gasteiger partial charge in [0.1, 0.15) is 0 Å². The highest BCUT2D eigenvalue weighted by atomic mass is 32.2. The first-order chi connectivity index (χ1) is 14.2. The van der Waals surface area contributed by atoms with Crippen LogP contribution in [0.5, 0.6) is 0 Å². The van der Waals surface area contributed by atoms with Crippen LogP contribution in [0.4, 0.5) is 19.1 Å². The Bertz CT molecular complexity index is 1200. The maximum absolute atomic E-state index is 12.8. The molecule has 0 unspecified atom stereocenters. The quantitative estimate of drug-likeness (QED) is 0.671. The largest absolute Gasteiger partial charge is 0.390 e. The number of halogens is 3. The van der Waals surface area contributed by atoms with Crippen molar-refractivity contribution in [2.24, 2.45) is 0 Å². The maximum atomic E-state index is 12.8. The van der Waals surface area contributed by atoms with Gasteiger partial charge in [-0.1, -0.05) is 6.42 Å². The summed E-state index contributed by atoms with van der Waals surface area (Å²) in [4.78, 5) is 13.9. The number of aromatic amines is 1. The van der Waals surface area contributed by atoms with E-state index in [2.05, 4.69) is 15.0 Å². The zero-order valence-corrected chi connectivity index (χ0v) is 16.9. The van der Waals surface area contributed by atoms with Gasteiger partial charge >= 0.3 is 6.18 Å². The molecular weight excluding hydrogens is 421 g/mol. The summed E-state index contributed by atoms with van der Waals surface area (Å²) in [5.74, 6) is -0.221. The lowest BCUT2D eigenvalue weighted by Gasteiger charge is -2.57. The van der Waals surface area contributed by atoms with Crippen LogP contribution in [0.1, 0.15) is 25.7 Å². The highest BCUT2D eigenvalue weighted by molar-refractivity contribution is 7.89. The van der Waals surface area contributed by atoms with Crippen LogP contribution in [0.15, 0.2) is 24.7 Å². The van der Waals surface area contributed by atoms with Crippen LogP contribution in [0.3, 0.4) is 0 Å². The van der Waals surface area contributed by atoms with Gasteiger partial charge < -0.3 is 9.88 Å². The molecule has 5 heterocycles. The SMILES string of the molecule is O=S(=O)(CCC(F)(F)F)N1CCCCC12CN(c1ncc3cnc4[nH]ccc4n13)C2. The first-order valence-electron chi connectivity index (χ1n) is 9.80. The van der Waals surface area contributed by atoms with Crippen LogP contribution >= 0.6 is 0 Å². The molecule has 1 spiro atoms. The Morgan fingerprint density at radius 3 is 2.70 bits per heavy atom. The molecule has 2 fully saturated rings. The molecule has 3 aromatic heterocycles. The highest BCUT2D eigenvalue weighted by Gasteiger charge is 2.54. The summed E-state index contributed by atoms with van der Waals surface area (Å²) in [6.45, 7) is 1.08. The molecule has 0 amide bonds. The fourth-order valence-corrected chi connectivity index (χ4v) is 6.58. The molecule has 5 rings (SSSR count). The molecule has 12 heteroatoms. The number of fused-ring (bicyclic) bond motifs is 3. The van der Waals surface area contributed by atoms with Crippen LogP contribution < -0.4 is 4.90 Å². The summed E-state index contributed by atoms with van der Waals surface area (Å²) < 4.78 is 66.7. The van der Waals surface area contributed by atoms with Crippen molar-refractivity contribution in [1.82, 2.24) is 23.7 Å². The molecule has 0 atom stereocenters. The number of rotatable bonds is 4. The number of hydrogen-bond acceptors (Lipinski definition) is 5. The normalized spacial score (nSPS) is 20.3. The molecule has 0 aromatic carbocycles. The first kappa shape index (κ1) is 19.6. The predicted molar refractivity (Wildman–Crippen MR) is 105 cm³/mol. The molecule has 0 radical (unpaired) electrons. The van der Waals surface area contributed by atoms with Crippen molar-refractivity contribution < 1.29 is 21.6 Å². The second-order valence-electron chi connectivity index (χ2n) is 8.08. The molecule has 2 aliphatic heterocycles. The third-order valence-electron chi connectivity index (χ3n) is 6.06. The van der Waals surface area contributed by atoms with Gasteiger partial charge in [-0.2, -0.15) is 17.5 Å². The van der Waals surface area contributed by atoms with Gasteiger partial charge in [-0.25, -0.2) is 18.4 Å². The van der Waals surface area contributed by atoms with E-state index in [1.807, 2.05) is 15.4 Å². The van der Waals surface area contributed by atoms with Crippen LogP contribution in [0.2, 0.25) is 0 Å². The average Bonchev–Trinajstić information content (AvgIpc) is 3.30. The van der Waals surface area contributed by atoms with Gasteiger partial charge in [-0.05, 0) is 18.9 Å². The van der Waals surface area contributed by atoms with E-state index >= 15 is 0 Å². The number of alkyl halides is 3. The summed E-state index contributed by atoms with van der Waals surface area (Å²) in [7, 11) is -4.00. The van der Waals surface area contributed by atoms with Crippen molar-refractivity contribution in [3.63, 3.8) is 0 Å². The number of imidazole rings is 1. The summed E-state index contributed by atoms with van der Waals surface area (Å²) in [6.07, 6.45) is 1.54. The Balaban J connectivity index is 1.42. The Labute approximate surface area is 170 Å². The minimum atomic E-state index is -4.49. The summed E-state index contributed by atoms with van der Waals surface area (Å²) in [5, 5.41) is 0. The number of H-pyrrole nitrogens is 1. The third kappa shape index (κ3) is 3.13. The van der Waals surface area contributed by atoms with E-state index < -0.39 is 33.9 Å². The van der Waals surface area contributed by atoms with Crippen LogP contribution in [0.25, 0.3) is 16.7 Å². The number of nitrogens with zero attached hydrogens (tertiary/aromatic N) is 5. The summed E-state index contributed by atoms with van der Waals surface area (Å²) in [5.41, 5.74) is 1.72. The van der Waals surface area contributed by atoms with E-state index in [0.29, 0.717) is 37.5 Å². The van der Waals surface area contributed by atoms with Crippen LogP contribution in [-0.2, 0) is 10.0 Å². The molecule has 0 saturated carbocycles. The van der Waals surface area contributed by atoms with Gasteiger partial charge in [-0.3, -0.25) is 4.40 Å². The van der Waals surface area contributed by atoms with Gasteiger partial charge in [0.05, 0.1) is 41.1 Å². The molecule has 162 valence electrons.